The van der Waals surface area contributed by atoms with Gasteiger partial charge in [-0.3, -0.25) is 9.10 Å². The van der Waals surface area contributed by atoms with Crippen LogP contribution in [0.3, 0.4) is 0 Å². The van der Waals surface area contributed by atoms with Gasteiger partial charge in [-0.05, 0) is 56.2 Å². The highest BCUT2D eigenvalue weighted by atomic mass is 32.2. The molecule has 1 aliphatic rings. The summed E-state index contributed by atoms with van der Waals surface area (Å²) < 4.78 is 77.8. The molecule has 16 heteroatoms. The summed E-state index contributed by atoms with van der Waals surface area (Å²) in [5.74, 6) is -1.55. The minimum absolute atomic E-state index is 0.131. The van der Waals surface area contributed by atoms with Gasteiger partial charge in [0.2, 0.25) is 10.0 Å². The number of aromatic nitrogens is 1. The summed E-state index contributed by atoms with van der Waals surface area (Å²) in [4.78, 5) is 29.2. The monoisotopic (exact) mass is 677 g/mol. The fraction of sp³-hybridized carbons (Fsp3) is 0.567. The number of methoxy groups -OCH3 is 1. The van der Waals surface area contributed by atoms with Crippen LogP contribution in [0.15, 0.2) is 42.5 Å². The summed E-state index contributed by atoms with van der Waals surface area (Å²) in [6.45, 7) is 6.26. The minimum atomic E-state index is -5.08. The van der Waals surface area contributed by atoms with Crippen molar-refractivity contribution in [2.24, 2.45) is 17.6 Å². The molecule has 4 atom stereocenters. The van der Waals surface area contributed by atoms with Crippen molar-refractivity contribution in [3.05, 3.63) is 53.6 Å². The molecule has 46 heavy (non-hydrogen) atoms. The summed E-state index contributed by atoms with van der Waals surface area (Å²) in [6, 6.07) is 10.9. The first-order valence-electron chi connectivity index (χ1n) is 14.6. The maximum atomic E-state index is 13.6. The number of pyridine rings is 1. The predicted octanol–water partition coefficient (Wildman–Crippen LogP) is 3.64. The quantitative estimate of drug-likeness (QED) is 0.240. The van der Waals surface area contributed by atoms with E-state index in [1.54, 1.807) is 27.0 Å². The van der Waals surface area contributed by atoms with Crippen LogP contribution in [-0.4, -0.2) is 94.4 Å². The van der Waals surface area contributed by atoms with E-state index in [2.05, 4.69) is 17.2 Å². The zero-order valence-electron chi connectivity index (χ0n) is 26.5. The molecule has 0 bridgehead atoms. The van der Waals surface area contributed by atoms with E-state index in [0.29, 0.717) is 43.8 Å². The number of alkyl halides is 4. The smallest absolute Gasteiger partial charge is 0.475 e. The average molecular weight is 678 g/mol. The summed E-state index contributed by atoms with van der Waals surface area (Å²) in [7, 11) is -0.657. The lowest BCUT2D eigenvalue weighted by Gasteiger charge is -2.28. The van der Waals surface area contributed by atoms with Gasteiger partial charge in [-0.25, -0.2) is 22.6 Å². The molecule has 1 aliphatic carbocycles. The average Bonchev–Trinajstić information content (AvgIpc) is 3.71. The Labute approximate surface area is 267 Å². The first kappa shape index (κ1) is 38.7. The molecule has 0 unspecified atom stereocenters. The van der Waals surface area contributed by atoms with Crippen LogP contribution in [0.4, 0.5) is 29.2 Å². The van der Waals surface area contributed by atoms with E-state index in [4.69, 9.17) is 20.4 Å². The summed E-state index contributed by atoms with van der Waals surface area (Å²) in [5.41, 5.74) is 7.19. The van der Waals surface area contributed by atoms with E-state index >= 15 is 0 Å². The van der Waals surface area contributed by atoms with E-state index in [1.165, 1.54) is 13.1 Å². The molecule has 1 fully saturated rings. The third-order valence-electron chi connectivity index (χ3n) is 7.53. The predicted molar refractivity (Wildman–Crippen MR) is 167 cm³/mol. The first-order valence-corrected chi connectivity index (χ1v) is 16.1. The van der Waals surface area contributed by atoms with E-state index in [1.807, 2.05) is 35.2 Å². The highest BCUT2D eigenvalue weighted by Crippen LogP contribution is 2.39. The summed E-state index contributed by atoms with van der Waals surface area (Å²) in [6.07, 6.45) is -3.63. The highest BCUT2D eigenvalue weighted by molar-refractivity contribution is 7.93. The van der Waals surface area contributed by atoms with Crippen molar-refractivity contribution in [3.63, 3.8) is 0 Å². The van der Waals surface area contributed by atoms with Gasteiger partial charge in [0.1, 0.15) is 18.3 Å². The Kier molecular flexibility index (Phi) is 14.2. The Morgan fingerprint density at radius 1 is 1.17 bits per heavy atom. The van der Waals surface area contributed by atoms with Crippen molar-refractivity contribution >= 4 is 33.5 Å². The highest BCUT2D eigenvalue weighted by Gasteiger charge is 2.38. The molecule has 1 saturated carbocycles. The number of benzene rings is 1. The number of carbonyl (C=O) groups is 2. The van der Waals surface area contributed by atoms with Crippen LogP contribution in [0.2, 0.25) is 0 Å². The number of carboxylic acids is 1. The molecule has 11 nitrogen and oxygen atoms in total. The molecular weight excluding hydrogens is 634 g/mol. The second kappa shape index (κ2) is 16.9. The van der Waals surface area contributed by atoms with Crippen LogP contribution in [-0.2, 0) is 26.0 Å². The Hall–Kier alpha value is -3.50. The second-order valence-corrected chi connectivity index (χ2v) is 14.0. The lowest BCUT2D eigenvalue weighted by molar-refractivity contribution is -0.192. The Balaban J connectivity index is 0.000000942. The first-order chi connectivity index (χ1) is 21.4. The molecule has 1 aromatic heterocycles. The number of rotatable bonds is 15. The number of nitrogens with two attached hydrogens (primary N) is 1. The zero-order chi connectivity index (χ0) is 34.8. The van der Waals surface area contributed by atoms with Gasteiger partial charge in [0.25, 0.3) is 5.91 Å². The number of carbonyl (C=O) groups excluding carboxylic acids is 1. The van der Waals surface area contributed by atoms with Gasteiger partial charge in [-0.15, -0.1) is 0 Å². The van der Waals surface area contributed by atoms with Gasteiger partial charge in [-0.1, -0.05) is 37.3 Å². The van der Waals surface area contributed by atoms with Crippen LogP contribution >= 0.6 is 0 Å². The van der Waals surface area contributed by atoms with Gasteiger partial charge >= 0.3 is 12.1 Å². The zero-order valence-corrected chi connectivity index (χ0v) is 27.3. The fourth-order valence-corrected chi connectivity index (χ4v) is 5.36. The number of anilines is 2. The van der Waals surface area contributed by atoms with Crippen molar-refractivity contribution in [3.8, 4) is 0 Å². The lowest BCUT2D eigenvalue weighted by Crippen LogP contribution is -2.50. The van der Waals surface area contributed by atoms with Crippen LogP contribution in [0.25, 0.3) is 0 Å². The number of hydrogen-bond acceptors (Lipinski definition) is 8. The molecule has 1 heterocycles. The topological polar surface area (TPSA) is 155 Å². The van der Waals surface area contributed by atoms with E-state index in [0.717, 1.165) is 16.3 Å². The normalized spacial score (nSPS) is 17.4. The lowest BCUT2D eigenvalue weighted by atomic mass is 10.00. The van der Waals surface area contributed by atoms with Crippen molar-refractivity contribution < 1.29 is 45.4 Å². The van der Waals surface area contributed by atoms with Crippen molar-refractivity contribution in [1.82, 2.24) is 10.3 Å². The maximum Gasteiger partial charge on any atom is 0.490 e. The Morgan fingerprint density at radius 3 is 2.22 bits per heavy atom. The Morgan fingerprint density at radius 2 is 1.74 bits per heavy atom. The molecule has 1 aromatic carbocycles. The largest absolute Gasteiger partial charge is 0.490 e. The Bertz CT molecular complexity index is 1400. The van der Waals surface area contributed by atoms with E-state index in [9.17, 15) is 30.8 Å². The number of hydrogen-bond donors (Lipinski definition) is 3. The number of amides is 1. The SMILES string of the molecule is COCCN(C[C@H]1C[C@@H]1C)c1cc(C(=O)N[C@@H](Cc2ccccc2)[C@@H](N)CF)cc(N(C)S(=O)(=O)C(C)C)n1.O=C(O)C(F)(F)F. The molecule has 0 aliphatic heterocycles. The number of halogens is 4. The minimum Gasteiger partial charge on any atom is -0.475 e. The fourth-order valence-electron chi connectivity index (χ4n) is 4.38. The molecule has 0 saturated heterocycles. The van der Waals surface area contributed by atoms with Crippen molar-refractivity contribution in [1.29, 1.82) is 0 Å². The third kappa shape index (κ3) is 11.4. The van der Waals surface area contributed by atoms with Gasteiger partial charge in [0, 0.05) is 32.8 Å². The van der Waals surface area contributed by atoms with Crippen LogP contribution in [0.5, 0.6) is 0 Å². The van der Waals surface area contributed by atoms with Gasteiger partial charge in [0.15, 0.2) is 0 Å². The number of carboxylic acid groups (broad SMARTS) is 1. The van der Waals surface area contributed by atoms with Crippen molar-refractivity contribution in [2.75, 3.05) is 49.7 Å². The molecule has 2 aromatic rings. The maximum absolute atomic E-state index is 13.6. The number of aliphatic carboxylic acids is 1. The number of ether oxygens (including phenoxy) is 1. The summed E-state index contributed by atoms with van der Waals surface area (Å²) >= 11 is 0. The molecule has 0 spiro atoms. The van der Waals surface area contributed by atoms with Crippen molar-refractivity contribution in [2.45, 2.75) is 57.1 Å². The van der Waals surface area contributed by atoms with Crippen LogP contribution < -0.4 is 20.3 Å². The van der Waals surface area contributed by atoms with Gasteiger partial charge in [0.05, 0.1) is 23.9 Å². The van der Waals surface area contributed by atoms with Gasteiger partial charge < -0.3 is 25.8 Å². The second-order valence-electron chi connectivity index (χ2n) is 11.4. The van der Waals surface area contributed by atoms with Crippen LogP contribution in [0.1, 0.15) is 43.1 Å². The van der Waals surface area contributed by atoms with E-state index < -0.39 is 52.1 Å². The number of nitrogens with one attached hydrogen (secondary N) is 1. The molecule has 3 rings (SSSR count). The summed E-state index contributed by atoms with van der Waals surface area (Å²) in [5, 5.41) is 9.33. The molecule has 258 valence electrons. The molecule has 1 amide bonds. The van der Waals surface area contributed by atoms with Crippen LogP contribution in [0, 0.1) is 11.8 Å². The molecular formula is C30H43F4N5O6S. The standard InChI is InChI=1S/C28H42FN5O4S.C2HF3O2/c1-19(2)39(36,37)33(4)26-15-22(16-27(32-26)34(11-12-38-5)18-23-13-20(23)3)28(35)31-25(24(30)17-29)14-21-9-7-6-8-10-21;3-2(4,5)1(6)7/h6-10,15-16,19-20,23-25H,11-14,17-18,30H2,1-5H3,(H,31,35);(H,6,7)/t20-,23+,24-,25-;/m0./s1. The van der Waals surface area contributed by atoms with Gasteiger partial charge in [-0.2, -0.15) is 13.2 Å². The van der Waals surface area contributed by atoms with E-state index in [-0.39, 0.29) is 11.4 Å². The number of nitrogens with zero attached hydrogens (tertiary/aromatic N) is 3. The molecule has 0 radical (unpaired) electrons. The molecule has 4 N–H and O–H groups in total. The number of sulfonamides is 1. The third-order valence-corrected chi connectivity index (χ3v) is 9.68.